The minimum atomic E-state index is -0.300. The summed E-state index contributed by atoms with van der Waals surface area (Å²) < 4.78 is 0. The van der Waals surface area contributed by atoms with Crippen LogP contribution >= 0.6 is 11.3 Å². The van der Waals surface area contributed by atoms with E-state index < -0.39 is 0 Å². The molecule has 0 fully saturated rings. The average molecular weight is 311 g/mol. The first-order valence-electron chi connectivity index (χ1n) is 6.58. The maximum atomic E-state index is 12.3. The SMILES string of the molecule is Cc1cccc(NC(=O)c2ncsc2Nc2cccnc2)n1. The summed E-state index contributed by atoms with van der Waals surface area (Å²) in [5.41, 5.74) is 3.59. The number of carbonyl (C=O) groups excluding carboxylic acids is 1. The average Bonchev–Trinajstić information content (AvgIpc) is 2.96. The third-order valence-corrected chi connectivity index (χ3v) is 3.57. The summed E-state index contributed by atoms with van der Waals surface area (Å²) in [5, 5.41) is 6.56. The number of aromatic nitrogens is 3. The fraction of sp³-hybridized carbons (Fsp3) is 0.0667. The van der Waals surface area contributed by atoms with Crippen LogP contribution in [-0.4, -0.2) is 20.9 Å². The number of rotatable bonds is 4. The second-order valence-electron chi connectivity index (χ2n) is 4.52. The zero-order valence-corrected chi connectivity index (χ0v) is 12.6. The van der Waals surface area contributed by atoms with Gasteiger partial charge in [0.25, 0.3) is 5.91 Å². The van der Waals surface area contributed by atoms with Gasteiger partial charge in [-0.2, -0.15) is 0 Å². The predicted octanol–water partition coefficient (Wildman–Crippen LogP) is 3.24. The van der Waals surface area contributed by atoms with Gasteiger partial charge in [-0.1, -0.05) is 6.07 Å². The van der Waals surface area contributed by atoms with E-state index in [1.165, 1.54) is 11.3 Å². The largest absolute Gasteiger partial charge is 0.344 e. The first kappa shape index (κ1) is 14.2. The van der Waals surface area contributed by atoms with Crippen molar-refractivity contribution in [3.8, 4) is 0 Å². The summed E-state index contributed by atoms with van der Waals surface area (Å²) in [5.74, 6) is 0.205. The van der Waals surface area contributed by atoms with E-state index in [0.717, 1.165) is 11.4 Å². The van der Waals surface area contributed by atoms with Crippen LogP contribution in [0.1, 0.15) is 16.2 Å². The molecule has 110 valence electrons. The monoisotopic (exact) mass is 311 g/mol. The van der Waals surface area contributed by atoms with Crippen LogP contribution in [0.15, 0.2) is 48.2 Å². The van der Waals surface area contributed by atoms with Crippen molar-refractivity contribution in [3.05, 3.63) is 59.6 Å². The van der Waals surface area contributed by atoms with Gasteiger partial charge in [0, 0.05) is 11.9 Å². The van der Waals surface area contributed by atoms with E-state index >= 15 is 0 Å². The van der Waals surface area contributed by atoms with E-state index in [9.17, 15) is 4.79 Å². The van der Waals surface area contributed by atoms with Gasteiger partial charge in [0.2, 0.25) is 0 Å². The Morgan fingerprint density at radius 3 is 2.91 bits per heavy atom. The number of amides is 1. The molecular weight excluding hydrogens is 298 g/mol. The van der Waals surface area contributed by atoms with E-state index in [0.29, 0.717) is 16.5 Å². The number of aryl methyl sites for hydroxylation is 1. The molecular formula is C15H13N5OS. The maximum Gasteiger partial charge on any atom is 0.278 e. The summed E-state index contributed by atoms with van der Waals surface area (Å²) in [7, 11) is 0. The van der Waals surface area contributed by atoms with E-state index in [-0.39, 0.29) is 5.91 Å². The molecule has 3 aromatic heterocycles. The summed E-state index contributed by atoms with van der Waals surface area (Å²) >= 11 is 1.36. The van der Waals surface area contributed by atoms with Gasteiger partial charge in [-0.05, 0) is 31.2 Å². The number of hydrogen-bond donors (Lipinski definition) is 2. The molecule has 3 heterocycles. The fourth-order valence-electron chi connectivity index (χ4n) is 1.85. The molecule has 0 spiro atoms. The van der Waals surface area contributed by atoms with Gasteiger partial charge in [-0.15, -0.1) is 11.3 Å². The molecule has 22 heavy (non-hydrogen) atoms. The Hall–Kier alpha value is -2.80. The Bertz CT molecular complexity index is 787. The lowest BCUT2D eigenvalue weighted by Crippen LogP contribution is -2.15. The van der Waals surface area contributed by atoms with Gasteiger partial charge in [0.1, 0.15) is 10.8 Å². The second kappa shape index (κ2) is 6.31. The minimum absolute atomic E-state index is 0.300. The Balaban J connectivity index is 1.78. The van der Waals surface area contributed by atoms with Crippen molar-refractivity contribution in [2.24, 2.45) is 0 Å². The van der Waals surface area contributed by atoms with Gasteiger partial charge in [-0.3, -0.25) is 9.78 Å². The van der Waals surface area contributed by atoms with Crippen molar-refractivity contribution < 1.29 is 4.79 Å². The van der Waals surface area contributed by atoms with E-state index in [1.807, 2.05) is 31.2 Å². The number of pyridine rings is 2. The predicted molar refractivity (Wildman–Crippen MR) is 86.6 cm³/mol. The van der Waals surface area contributed by atoms with Crippen molar-refractivity contribution in [2.75, 3.05) is 10.6 Å². The summed E-state index contributed by atoms with van der Waals surface area (Å²) in [4.78, 5) is 24.7. The molecule has 0 aliphatic carbocycles. The zero-order chi connectivity index (χ0) is 15.4. The van der Waals surface area contributed by atoms with Crippen molar-refractivity contribution in [1.29, 1.82) is 0 Å². The molecule has 0 atom stereocenters. The minimum Gasteiger partial charge on any atom is -0.344 e. The summed E-state index contributed by atoms with van der Waals surface area (Å²) in [6, 6.07) is 9.14. The number of anilines is 3. The Kier molecular flexibility index (Phi) is 4.06. The molecule has 0 bridgehead atoms. The van der Waals surface area contributed by atoms with Crippen LogP contribution < -0.4 is 10.6 Å². The van der Waals surface area contributed by atoms with E-state index in [2.05, 4.69) is 25.6 Å². The molecule has 0 aliphatic rings. The molecule has 0 radical (unpaired) electrons. The first-order valence-corrected chi connectivity index (χ1v) is 7.46. The Morgan fingerprint density at radius 1 is 1.23 bits per heavy atom. The number of carbonyl (C=O) groups is 1. The Morgan fingerprint density at radius 2 is 2.14 bits per heavy atom. The third kappa shape index (κ3) is 3.26. The fourth-order valence-corrected chi connectivity index (χ4v) is 2.55. The van der Waals surface area contributed by atoms with Crippen molar-refractivity contribution in [2.45, 2.75) is 6.92 Å². The van der Waals surface area contributed by atoms with E-state index in [1.54, 1.807) is 24.0 Å². The van der Waals surface area contributed by atoms with E-state index in [4.69, 9.17) is 0 Å². The number of thiazole rings is 1. The normalized spacial score (nSPS) is 10.2. The highest BCUT2D eigenvalue weighted by atomic mass is 32.1. The van der Waals surface area contributed by atoms with Crippen LogP contribution in [0.2, 0.25) is 0 Å². The van der Waals surface area contributed by atoms with Crippen LogP contribution in [0.5, 0.6) is 0 Å². The lowest BCUT2D eigenvalue weighted by Gasteiger charge is -2.07. The molecule has 3 aromatic rings. The van der Waals surface area contributed by atoms with Crippen LogP contribution in [0, 0.1) is 6.92 Å². The number of hydrogen-bond acceptors (Lipinski definition) is 6. The third-order valence-electron chi connectivity index (χ3n) is 2.83. The van der Waals surface area contributed by atoms with Crippen LogP contribution in [0.25, 0.3) is 0 Å². The highest BCUT2D eigenvalue weighted by Gasteiger charge is 2.16. The molecule has 0 aromatic carbocycles. The van der Waals surface area contributed by atoms with Crippen molar-refractivity contribution >= 4 is 33.8 Å². The van der Waals surface area contributed by atoms with Gasteiger partial charge in [-0.25, -0.2) is 9.97 Å². The quantitative estimate of drug-likeness (QED) is 0.773. The van der Waals surface area contributed by atoms with Crippen LogP contribution in [0.3, 0.4) is 0 Å². The summed E-state index contributed by atoms with van der Waals surface area (Å²) in [6.45, 7) is 1.87. The van der Waals surface area contributed by atoms with Gasteiger partial charge in [0.15, 0.2) is 5.69 Å². The molecule has 7 heteroatoms. The maximum absolute atomic E-state index is 12.3. The molecule has 0 saturated carbocycles. The number of nitrogens with zero attached hydrogens (tertiary/aromatic N) is 3. The van der Waals surface area contributed by atoms with Crippen molar-refractivity contribution in [1.82, 2.24) is 15.0 Å². The lowest BCUT2D eigenvalue weighted by molar-refractivity contribution is 0.102. The summed E-state index contributed by atoms with van der Waals surface area (Å²) in [6.07, 6.45) is 3.37. The molecule has 2 N–H and O–H groups in total. The highest BCUT2D eigenvalue weighted by Crippen LogP contribution is 2.25. The van der Waals surface area contributed by atoms with Crippen LogP contribution in [0.4, 0.5) is 16.5 Å². The smallest absolute Gasteiger partial charge is 0.278 e. The topological polar surface area (TPSA) is 79.8 Å². The zero-order valence-electron chi connectivity index (χ0n) is 11.8. The Labute approximate surface area is 131 Å². The van der Waals surface area contributed by atoms with Crippen molar-refractivity contribution in [3.63, 3.8) is 0 Å². The molecule has 1 amide bonds. The molecule has 3 rings (SSSR count). The van der Waals surface area contributed by atoms with Gasteiger partial charge < -0.3 is 10.6 Å². The number of nitrogens with one attached hydrogen (secondary N) is 2. The lowest BCUT2D eigenvalue weighted by atomic mass is 10.3. The van der Waals surface area contributed by atoms with Gasteiger partial charge in [0.05, 0.1) is 17.4 Å². The molecule has 6 nitrogen and oxygen atoms in total. The second-order valence-corrected chi connectivity index (χ2v) is 5.37. The van der Waals surface area contributed by atoms with Gasteiger partial charge >= 0.3 is 0 Å². The highest BCUT2D eigenvalue weighted by molar-refractivity contribution is 7.14. The first-order chi connectivity index (χ1) is 10.7. The standard InChI is InChI=1S/C15H13N5OS/c1-10-4-2-6-12(18-10)20-14(21)13-15(22-9-17-13)19-11-5-3-7-16-8-11/h2-9,19H,1H3,(H,18,20,21). The molecule has 0 saturated heterocycles. The van der Waals surface area contributed by atoms with Crippen LogP contribution in [-0.2, 0) is 0 Å². The molecule has 0 aliphatic heterocycles. The molecule has 0 unspecified atom stereocenters.